The zero-order chi connectivity index (χ0) is 21.1. The van der Waals surface area contributed by atoms with Crippen molar-refractivity contribution in [1.29, 1.82) is 0 Å². The van der Waals surface area contributed by atoms with E-state index in [-0.39, 0.29) is 5.82 Å². The second kappa shape index (κ2) is 8.49. The Morgan fingerprint density at radius 3 is 2.43 bits per heavy atom. The highest BCUT2D eigenvalue weighted by molar-refractivity contribution is 7.89. The standard InChI is InChI=1S/C22H23FN4O2S/c1-16-9-10-17(15-21(16)30(28,29)27-13-5-2-6-14-27)19-11-12-22(26-25-19)24-20-8-4-3-7-18(20)23/h3-4,7-12,15H,2,5-6,13-14H2,1H3,(H,24,26). The first-order chi connectivity index (χ1) is 14.4. The summed E-state index contributed by atoms with van der Waals surface area (Å²) in [5, 5.41) is 11.2. The Kier molecular flexibility index (Phi) is 5.78. The molecular weight excluding hydrogens is 403 g/mol. The van der Waals surface area contributed by atoms with E-state index in [2.05, 4.69) is 15.5 Å². The first kappa shape index (κ1) is 20.4. The molecule has 2 heterocycles. The van der Waals surface area contributed by atoms with Crippen LogP contribution in [0.25, 0.3) is 11.3 Å². The molecule has 1 aliphatic rings. The second-order valence-electron chi connectivity index (χ2n) is 7.35. The van der Waals surface area contributed by atoms with Crippen LogP contribution in [0.15, 0.2) is 59.5 Å². The Hall–Kier alpha value is -2.84. The zero-order valence-corrected chi connectivity index (χ0v) is 17.5. The van der Waals surface area contributed by atoms with Gasteiger partial charge < -0.3 is 5.32 Å². The minimum absolute atomic E-state index is 0.303. The summed E-state index contributed by atoms with van der Waals surface area (Å²) in [6, 6.07) is 15.0. The van der Waals surface area contributed by atoms with Crippen LogP contribution in [0.2, 0.25) is 0 Å². The van der Waals surface area contributed by atoms with Gasteiger partial charge in [0.05, 0.1) is 16.3 Å². The molecule has 1 aromatic heterocycles. The van der Waals surface area contributed by atoms with E-state index in [4.69, 9.17) is 0 Å². The summed E-state index contributed by atoms with van der Waals surface area (Å²) in [6.45, 7) is 2.91. The molecule has 1 saturated heterocycles. The van der Waals surface area contributed by atoms with Gasteiger partial charge in [0, 0.05) is 18.7 Å². The minimum Gasteiger partial charge on any atom is -0.336 e. The highest BCUT2D eigenvalue weighted by Gasteiger charge is 2.27. The molecule has 0 radical (unpaired) electrons. The molecule has 1 fully saturated rings. The molecule has 156 valence electrons. The van der Waals surface area contributed by atoms with Crippen LogP contribution >= 0.6 is 0 Å². The fraction of sp³-hybridized carbons (Fsp3) is 0.273. The van der Waals surface area contributed by atoms with Crippen molar-refractivity contribution in [2.24, 2.45) is 0 Å². The van der Waals surface area contributed by atoms with Crippen LogP contribution in [0.3, 0.4) is 0 Å². The smallest absolute Gasteiger partial charge is 0.243 e. The maximum atomic E-state index is 13.8. The third-order valence-electron chi connectivity index (χ3n) is 5.22. The number of hydrogen-bond donors (Lipinski definition) is 1. The lowest BCUT2D eigenvalue weighted by molar-refractivity contribution is 0.346. The summed E-state index contributed by atoms with van der Waals surface area (Å²) in [5.74, 6) is 0.0200. The van der Waals surface area contributed by atoms with Crippen LogP contribution in [-0.2, 0) is 10.0 Å². The zero-order valence-electron chi connectivity index (χ0n) is 16.7. The lowest BCUT2D eigenvalue weighted by Gasteiger charge is -2.26. The molecule has 0 amide bonds. The van der Waals surface area contributed by atoms with Crippen LogP contribution in [0.4, 0.5) is 15.9 Å². The number of nitrogens with one attached hydrogen (secondary N) is 1. The van der Waals surface area contributed by atoms with Gasteiger partial charge in [-0.2, -0.15) is 4.31 Å². The summed E-state index contributed by atoms with van der Waals surface area (Å²) >= 11 is 0. The third-order valence-corrected chi connectivity index (χ3v) is 7.26. The highest BCUT2D eigenvalue weighted by Crippen LogP contribution is 2.28. The third kappa shape index (κ3) is 4.20. The average Bonchev–Trinajstić information content (AvgIpc) is 2.77. The molecule has 30 heavy (non-hydrogen) atoms. The fourth-order valence-corrected chi connectivity index (χ4v) is 5.30. The van der Waals surface area contributed by atoms with E-state index in [1.54, 1.807) is 53.7 Å². The van der Waals surface area contributed by atoms with Crippen molar-refractivity contribution >= 4 is 21.5 Å². The Bertz CT molecular complexity index is 1140. The lowest BCUT2D eigenvalue weighted by atomic mass is 10.1. The molecule has 3 aromatic rings. The number of piperidine rings is 1. The van der Waals surface area contributed by atoms with Crippen molar-refractivity contribution in [1.82, 2.24) is 14.5 Å². The van der Waals surface area contributed by atoms with Crippen LogP contribution in [0, 0.1) is 12.7 Å². The van der Waals surface area contributed by atoms with E-state index in [0.29, 0.717) is 46.3 Å². The predicted molar refractivity (Wildman–Crippen MR) is 114 cm³/mol. The van der Waals surface area contributed by atoms with Crippen molar-refractivity contribution in [3.8, 4) is 11.3 Å². The Morgan fingerprint density at radius 1 is 0.967 bits per heavy atom. The number of sulfonamides is 1. The summed E-state index contributed by atoms with van der Waals surface area (Å²) in [6.07, 6.45) is 2.84. The van der Waals surface area contributed by atoms with Crippen molar-refractivity contribution in [3.05, 3.63) is 66.0 Å². The van der Waals surface area contributed by atoms with Crippen LogP contribution in [-0.4, -0.2) is 36.0 Å². The average molecular weight is 427 g/mol. The van der Waals surface area contributed by atoms with Gasteiger partial charge in [-0.15, -0.1) is 10.2 Å². The van der Waals surface area contributed by atoms with Crippen LogP contribution < -0.4 is 5.32 Å². The normalized spacial score (nSPS) is 15.1. The second-order valence-corrected chi connectivity index (χ2v) is 9.26. The van der Waals surface area contributed by atoms with Gasteiger partial charge in [0.2, 0.25) is 10.0 Å². The molecule has 0 saturated carbocycles. The van der Waals surface area contributed by atoms with E-state index in [1.165, 1.54) is 6.07 Å². The van der Waals surface area contributed by atoms with Gasteiger partial charge in [-0.25, -0.2) is 12.8 Å². The van der Waals surface area contributed by atoms with E-state index >= 15 is 0 Å². The van der Waals surface area contributed by atoms with Crippen molar-refractivity contribution in [2.45, 2.75) is 31.1 Å². The molecule has 0 atom stereocenters. The summed E-state index contributed by atoms with van der Waals surface area (Å²) in [7, 11) is -3.55. The highest BCUT2D eigenvalue weighted by atomic mass is 32.2. The molecule has 6 nitrogen and oxygen atoms in total. The molecule has 0 spiro atoms. The Balaban J connectivity index is 1.60. The molecule has 8 heteroatoms. The van der Waals surface area contributed by atoms with Crippen LogP contribution in [0.5, 0.6) is 0 Å². The number of aromatic nitrogens is 2. The SMILES string of the molecule is Cc1ccc(-c2ccc(Nc3ccccc3F)nn2)cc1S(=O)(=O)N1CCCCC1. The molecule has 2 aromatic carbocycles. The number of aryl methyl sites for hydroxylation is 1. The number of nitrogens with zero attached hydrogens (tertiary/aromatic N) is 3. The first-order valence-corrected chi connectivity index (χ1v) is 11.4. The molecule has 1 aliphatic heterocycles. The first-order valence-electron chi connectivity index (χ1n) is 9.91. The van der Waals surface area contributed by atoms with Crippen molar-refractivity contribution in [3.63, 3.8) is 0 Å². The molecule has 0 aliphatic carbocycles. The van der Waals surface area contributed by atoms with Gasteiger partial charge in [-0.3, -0.25) is 0 Å². The largest absolute Gasteiger partial charge is 0.336 e. The summed E-state index contributed by atoms with van der Waals surface area (Å²) < 4.78 is 41.6. The maximum Gasteiger partial charge on any atom is 0.243 e. The van der Waals surface area contributed by atoms with E-state index < -0.39 is 10.0 Å². The van der Waals surface area contributed by atoms with Gasteiger partial charge >= 0.3 is 0 Å². The minimum atomic E-state index is -3.55. The topological polar surface area (TPSA) is 75.2 Å². The number of anilines is 2. The molecule has 0 bridgehead atoms. The fourth-order valence-electron chi connectivity index (χ4n) is 3.54. The lowest BCUT2D eigenvalue weighted by Crippen LogP contribution is -2.35. The van der Waals surface area contributed by atoms with Crippen molar-refractivity contribution in [2.75, 3.05) is 18.4 Å². The van der Waals surface area contributed by atoms with Crippen molar-refractivity contribution < 1.29 is 12.8 Å². The monoisotopic (exact) mass is 426 g/mol. The Morgan fingerprint density at radius 2 is 1.73 bits per heavy atom. The number of halogens is 1. The Labute approximate surface area is 175 Å². The number of rotatable bonds is 5. The molecule has 1 N–H and O–H groups in total. The predicted octanol–water partition coefficient (Wildman–Crippen LogP) is 4.51. The summed E-state index contributed by atoms with van der Waals surface area (Å²) in [4.78, 5) is 0.303. The van der Waals surface area contributed by atoms with E-state index in [0.717, 1.165) is 19.3 Å². The van der Waals surface area contributed by atoms with E-state index in [9.17, 15) is 12.8 Å². The number of benzene rings is 2. The molecular formula is C22H23FN4O2S. The van der Waals surface area contributed by atoms with Gasteiger partial charge in [-0.1, -0.05) is 30.7 Å². The number of hydrogen-bond acceptors (Lipinski definition) is 5. The molecule has 0 unspecified atom stereocenters. The molecule has 4 rings (SSSR count). The van der Waals surface area contributed by atoms with Gasteiger partial charge in [-0.05, 0) is 55.7 Å². The van der Waals surface area contributed by atoms with Gasteiger partial charge in [0.15, 0.2) is 5.82 Å². The number of para-hydroxylation sites is 1. The quantitative estimate of drug-likeness (QED) is 0.650. The summed E-state index contributed by atoms with van der Waals surface area (Å²) in [5.41, 5.74) is 2.23. The van der Waals surface area contributed by atoms with Gasteiger partial charge in [0.1, 0.15) is 5.82 Å². The van der Waals surface area contributed by atoms with Crippen LogP contribution in [0.1, 0.15) is 24.8 Å². The maximum absolute atomic E-state index is 13.8. The van der Waals surface area contributed by atoms with E-state index in [1.807, 2.05) is 6.07 Å². The van der Waals surface area contributed by atoms with Gasteiger partial charge in [0.25, 0.3) is 0 Å².